The predicted octanol–water partition coefficient (Wildman–Crippen LogP) is 5.17. The summed E-state index contributed by atoms with van der Waals surface area (Å²) in [5, 5.41) is 10.7. The molecule has 0 atom stereocenters. The average molecular weight is 430 g/mol. The molecule has 0 radical (unpaired) electrons. The largest absolute Gasteiger partial charge is 0.506 e. The molecule has 0 saturated heterocycles. The maximum absolute atomic E-state index is 12.3. The Labute approximate surface area is 170 Å². The number of carbonyl (C=O) groups is 2. The molecule has 2 rings (SSSR count). The van der Waals surface area contributed by atoms with Crippen molar-refractivity contribution in [2.45, 2.75) is 20.8 Å². The van der Waals surface area contributed by atoms with Gasteiger partial charge >= 0.3 is 11.9 Å². The number of thiophene rings is 1. The topological polar surface area (TPSA) is 85.2 Å². The molecule has 0 bridgehead atoms. The summed E-state index contributed by atoms with van der Waals surface area (Å²) in [6.07, 6.45) is 1.32. The molecule has 6 nitrogen and oxygen atoms in total. The molecule has 1 aromatic heterocycles. The standard InChI is InChI=1S/C18H17Cl2NO5S/c1-4-25-17(23)13-9(3)15(18(24)26-5-2)27-16(13)21-8-10-6-11(19)7-12(20)14(10)22/h6-8,22H,4-5H2,1-3H3/b21-8+. The summed E-state index contributed by atoms with van der Waals surface area (Å²) in [5.41, 5.74) is 0.872. The summed E-state index contributed by atoms with van der Waals surface area (Å²) in [7, 11) is 0. The van der Waals surface area contributed by atoms with Crippen LogP contribution in [0.2, 0.25) is 10.0 Å². The smallest absolute Gasteiger partial charge is 0.348 e. The van der Waals surface area contributed by atoms with E-state index in [1.165, 1.54) is 18.3 Å². The summed E-state index contributed by atoms with van der Waals surface area (Å²) >= 11 is 12.8. The number of esters is 2. The fourth-order valence-electron chi connectivity index (χ4n) is 2.24. The fourth-order valence-corrected chi connectivity index (χ4v) is 3.78. The van der Waals surface area contributed by atoms with Crippen LogP contribution in [0, 0.1) is 6.92 Å². The van der Waals surface area contributed by atoms with Crippen LogP contribution in [-0.4, -0.2) is 36.5 Å². The predicted molar refractivity (Wildman–Crippen MR) is 106 cm³/mol. The third-order valence-corrected chi connectivity index (χ3v) is 5.13. The molecule has 1 N–H and O–H groups in total. The summed E-state index contributed by atoms with van der Waals surface area (Å²) in [5.74, 6) is -1.33. The number of rotatable bonds is 6. The van der Waals surface area contributed by atoms with Gasteiger partial charge in [-0.15, -0.1) is 11.3 Å². The van der Waals surface area contributed by atoms with Crippen LogP contribution in [0.1, 0.15) is 45.0 Å². The van der Waals surface area contributed by atoms with Gasteiger partial charge in [0.25, 0.3) is 0 Å². The Balaban J connectivity index is 2.53. The van der Waals surface area contributed by atoms with Crippen molar-refractivity contribution in [1.29, 1.82) is 0 Å². The Bertz CT molecular complexity index is 908. The van der Waals surface area contributed by atoms with Crippen LogP contribution < -0.4 is 0 Å². The molecule has 144 valence electrons. The number of nitrogens with zero attached hydrogens (tertiary/aromatic N) is 1. The van der Waals surface area contributed by atoms with Crippen LogP contribution in [0.25, 0.3) is 0 Å². The van der Waals surface area contributed by atoms with Gasteiger partial charge in [-0.3, -0.25) is 0 Å². The number of ether oxygens (including phenoxy) is 2. The van der Waals surface area contributed by atoms with Crippen molar-refractivity contribution in [3.8, 4) is 5.75 Å². The van der Waals surface area contributed by atoms with E-state index < -0.39 is 11.9 Å². The molecule has 9 heteroatoms. The molecule has 0 amide bonds. The minimum absolute atomic E-state index is 0.0733. The Kier molecular flexibility index (Phi) is 7.24. The van der Waals surface area contributed by atoms with E-state index in [0.717, 1.165) is 11.3 Å². The van der Waals surface area contributed by atoms with Crippen LogP contribution in [0.15, 0.2) is 17.1 Å². The normalized spacial score (nSPS) is 11.0. The average Bonchev–Trinajstić information content (AvgIpc) is 2.93. The molecule has 0 aliphatic heterocycles. The van der Waals surface area contributed by atoms with Crippen molar-refractivity contribution in [2.75, 3.05) is 13.2 Å². The van der Waals surface area contributed by atoms with Crippen molar-refractivity contribution in [2.24, 2.45) is 4.99 Å². The van der Waals surface area contributed by atoms with Gasteiger partial charge in [0.15, 0.2) is 0 Å². The first-order valence-corrected chi connectivity index (χ1v) is 9.57. The van der Waals surface area contributed by atoms with Gasteiger partial charge in [0.1, 0.15) is 21.2 Å². The Morgan fingerprint density at radius 1 is 1.19 bits per heavy atom. The zero-order valence-electron chi connectivity index (χ0n) is 14.8. The minimum atomic E-state index is -0.595. The molecule has 0 spiro atoms. The SMILES string of the molecule is CCOC(=O)c1sc(/N=C/c2cc(Cl)cc(Cl)c2O)c(C(=O)OCC)c1C. The third kappa shape index (κ3) is 4.80. The van der Waals surface area contributed by atoms with Gasteiger partial charge in [0, 0.05) is 16.8 Å². The van der Waals surface area contributed by atoms with Gasteiger partial charge < -0.3 is 14.6 Å². The lowest BCUT2D eigenvalue weighted by Gasteiger charge is -2.04. The maximum Gasteiger partial charge on any atom is 0.348 e. The molecule has 0 aliphatic rings. The zero-order valence-corrected chi connectivity index (χ0v) is 17.2. The molecule has 0 unspecified atom stereocenters. The zero-order chi connectivity index (χ0) is 20.1. The molecule has 27 heavy (non-hydrogen) atoms. The van der Waals surface area contributed by atoms with Crippen LogP contribution >= 0.6 is 34.5 Å². The lowest BCUT2D eigenvalue weighted by Crippen LogP contribution is -2.08. The molecule has 0 aliphatic carbocycles. The van der Waals surface area contributed by atoms with E-state index >= 15 is 0 Å². The van der Waals surface area contributed by atoms with Gasteiger partial charge in [0.2, 0.25) is 0 Å². The molecule has 0 saturated carbocycles. The lowest BCUT2D eigenvalue weighted by atomic mass is 10.1. The lowest BCUT2D eigenvalue weighted by molar-refractivity contribution is 0.0527. The second-order valence-electron chi connectivity index (χ2n) is 5.26. The molecule has 0 fully saturated rings. The van der Waals surface area contributed by atoms with Crippen molar-refractivity contribution in [3.63, 3.8) is 0 Å². The van der Waals surface area contributed by atoms with Crippen molar-refractivity contribution in [1.82, 2.24) is 0 Å². The monoisotopic (exact) mass is 429 g/mol. The van der Waals surface area contributed by atoms with Crippen molar-refractivity contribution in [3.05, 3.63) is 43.7 Å². The third-order valence-electron chi connectivity index (χ3n) is 3.45. The second kappa shape index (κ2) is 9.21. The number of halogens is 2. The highest BCUT2D eigenvalue weighted by atomic mass is 35.5. The van der Waals surface area contributed by atoms with Crippen LogP contribution in [0.3, 0.4) is 0 Å². The maximum atomic E-state index is 12.3. The summed E-state index contributed by atoms with van der Waals surface area (Å²) in [4.78, 5) is 29.0. The van der Waals surface area contributed by atoms with Gasteiger partial charge in [0.05, 0.1) is 18.2 Å². The molecule has 2 aromatic rings. The first-order valence-electron chi connectivity index (χ1n) is 7.99. The molecular weight excluding hydrogens is 413 g/mol. The van der Waals surface area contributed by atoms with Crippen LogP contribution in [-0.2, 0) is 9.47 Å². The number of aromatic hydroxyl groups is 1. The van der Waals surface area contributed by atoms with E-state index in [9.17, 15) is 14.7 Å². The van der Waals surface area contributed by atoms with Gasteiger partial charge in [-0.05, 0) is 38.5 Å². The second-order valence-corrected chi connectivity index (χ2v) is 7.10. The number of carbonyl (C=O) groups excluding carboxylic acids is 2. The van der Waals surface area contributed by atoms with E-state index in [-0.39, 0.29) is 45.0 Å². The van der Waals surface area contributed by atoms with Crippen LogP contribution in [0.5, 0.6) is 5.75 Å². The highest BCUT2D eigenvalue weighted by molar-refractivity contribution is 7.18. The Morgan fingerprint density at radius 3 is 2.44 bits per heavy atom. The highest BCUT2D eigenvalue weighted by Gasteiger charge is 2.26. The molecule has 1 aromatic carbocycles. The quantitative estimate of drug-likeness (QED) is 0.505. The van der Waals surface area contributed by atoms with Crippen molar-refractivity contribution >= 4 is 57.7 Å². The minimum Gasteiger partial charge on any atom is -0.506 e. The first kappa shape index (κ1) is 21.2. The number of hydrogen-bond acceptors (Lipinski definition) is 7. The summed E-state index contributed by atoms with van der Waals surface area (Å²) < 4.78 is 10.1. The van der Waals surface area contributed by atoms with E-state index in [4.69, 9.17) is 32.7 Å². The molecule has 1 heterocycles. The number of aliphatic imine (C=N–C) groups is 1. The van der Waals surface area contributed by atoms with Crippen LogP contribution in [0.4, 0.5) is 5.00 Å². The Morgan fingerprint density at radius 2 is 1.81 bits per heavy atom. The Hall–Kier alpha value is -2.09. The van der Waals surface area contributed by atoms with E-state index in [1.807, 2.05) is 0 Å². The van der Waals surface area contributed by atoms with E-state index in [0.29, 0.717) is 10.6 Å². The number of phenolic OH excluding ortho intramolecular Hbond substituents is 1. The van der Waals surface area contributed by atoms with E-state index in [2.05, 4.69) is 4.99 Å². The molecular formula is C18H17Cl2NO5S. The number of phenols is 1. The number of benzene rings is 1. The fraction of sp³-hybridized carbons (Fsp3) is 0.278. The van der Waals surface area contributed by atoms with Gasteiger partial charge in [-0.1, -0.05) is 23.2 Å². The highest BCUT2D eigenvalue weighted by Crippen LogP contribution is 2.37. The van der Waals surface area contributed by atoms with E-state index in [1.54, 1.807) is 20.8 Å². The van der Waals surface area contributed by atoms with Gasteiger partial charge in [-0.25, -0.2) is 14.6 Å². The van der Waals surface area contributed by atoms with Gasteiger partial charge in [-0.2, -0.15) is 0 Å². The summed E-state index contributed by atoms with van der Waals surface area (Å²) in [6, 6.07) is 2.87. The first-order chi connectivity index (χ1) is 12.8. The van der Waals surface area contributed by atoms with Crippen molar-refractivity contribution < 1.29 is 24.2 Å². The summed E-state index contributed by atoms with van der Waals surface area (Å²) in [6.45, 7) is 5.38. The number of hydrogen-bond donors (Lipinski definition) is 1.